The van der Waals surface area contributed by atoms with Crippen LogP contribution in [-0.4, -0.2) is 56.2 Å². The van der Waals surface area contributed by atoms with Crippen LogP contribution in [0.15, 0.2) is 121 Å². The van der Waals surface area contributed by atoms with Crippen LogP contribution in [0.4, 0.5) is 0 Å². The van der Waals surface area contributed by atoms with Gasteiger partial charge in [-0.2, -0.15) is 0 Å². The zero-order chi connectivity index (χ0) is 42.4. The average Bonchev–Trinajstić information content (AvgIpc) is 4.12. The maximum absolute atomic E-state index is 12.5. The first-order chi connectivity index (χ1) is 29.6. The van der Waals surface area contributed by atoms with Crippen LogP contribution in [0, 0.1) is 0 Å². The van der Waals surface area contributed by atoms with Crippen molar-refractivity contribution in [3.05, 3.63) is 166 Å². The number of aromatic nitrogens is 4. The topological polar surface area (TPSA) is 195 Å². The Balaban J connectivity index is 0.00000529. The van der Waals surface area contributed by atoms with E-state index in [9.17, 15) is 34.5 Å². The quantitative estimate of drug-likeness (QED) is 0.106. The molecule has 0 spiro atoms. The first-order valence-corrected chi connectivity index (χ1v) is 19.0. The van der Waals surface area contributed by atoms with E-state index in [0.29, 0.717) is 89.4 Å². The number of nitrogens with zero attached hydrogens (tertiary/aromatic N) is 4. The smallest absolute Gasteiger partial charge is 0.657 e. The number of hydrogen-bond donors (Lipinski definition) is 4. The Labute approximate surface area is 363 Å². The van der Waals surface area contributed by atoms with Crippen LogP contribution in [0.1, 0.15) is 64.2 Å². The maximum Gasteiger partial charge on any atom is 2.00 e. The zero-order valence-corrected chi connectivity index (χ0v) is 33.4. The normalized spacial score (nSPS) is 11.5. The largest absolute Gasteiger partial charge is 2.00 e. The van der Waals surface area contributed by atoms with Crippen LogP contribution in [0.5, 0.6) is 0 Å². The third-order valence-electron chi connectivity index (χ3n) is 10.5. The minimum atomic E-state index is -1.07. The van der Waals surface area contributed by atoms with Gasteiger partial charge in [-0.05, 0) is 117 Å². The van der Waals surface area contributed by atoms with E-state index >= 15 is 0 Å². The van der Waals surface area contributed by atoms with Crippen molar-refractivity contribution in [1.29, 1.82) is 0 Å². The molecule has 5 heterocycles. The van der Waals surface area contributed by atoms with Gasteiger partial charge in [-0.3, -0.25) is 4.79 Å². The van der Waals surface area contributed by atoms with Crippen LogP contribution in [0.3, 0.4) is 0 Å². The number of aromatic carboxylic acids is 3. The predicted molar refractivity (Wildman–Crippen MR) is 233 cm³/mol. The van der Waals surface area contributed by atoms with Gasteiger partial charge in [0.25, 0.3) is 5.91 Å². The summed E-state index contributed by atoms with van der Waals surface area (Å²) in [7, 11) is 1.57. The summed E-state index contributed by atoms with van der Waals surface area (Å²) in [5, 5.41) is 31.7. The molecule has 12 nitrogen and oxygen atoms in total. The van der Waals surface area contributed by atoms with Crippen LogP contribution in [0.25, 0.3) is 90.9 Å². The molecule has 0 atom stereocenters. The number of carboxylic acid groups (broad SMARTS) is 3. The van der Waals surface area contributed by atoms with E-state index in [4.69, 9.17) is 19.9 Å². The number of hydrogen-bond acceptors (Lipinski definition) is 6. The minimum Gasteiger partial charge on any atom is -0.657 e. The van der Waals surface area contributed by atoms with Gasteiger partial charge in [-0.25, -0.2) is 24.4 Å². The third kappa shape index (κ3) is 7.49. The molecule has 2 aliphatic heterocycles. The van der Waals surface area contributed by atoms with Crippen LogP contribution < -0.4 is 15.3 Å². The summed E-state index contributed by atoms with van der Waals surface area (Å²) in [5.74, 6) is -3.43. The van der Waals surface area contributed by atoms with E-state index < -0.39 is 17.9 Å². The van der Waals surface area contributed by atoms with E-state index in [1.165, 1.54) is 36.4 Å². The maximum atomic E-state index is 12.5. The fourth-order valence-corrected chi connectivity index (χ4v) is 7.54. The van der Waals surface area contributed by atoms with E-state index in [2.05, 4.69) is 5.32 Å². The number of carbonyl (C=O) groups is 4. The molecule has 62 heavy (non-hydrogen) atoms. The fourth-order valence-electron chi connectivity index (χ4n) is 7.54. The van der Waals surface area contributed by atoms with Crippen molar-refractivity contribution in [2.75, 3.05) is 7.05 Å². The molecule has 9 rings (SSSR count). The van der Waals surface area contributed by atoms with Gasteiger partial charge in [0.05, 0.1) is 39.5 Å². The number of carboxylic acids is 3. The van der Waals surface area contributed by atoms with Crippen molar-refractivity contribution < 1.29 is 51.6 Å². The molecule has 2 aliphatic rings. The minimum absolute atomic E-state index is 0. The standard InChI is InChI=1S/C49H33N5O7.Cu/c1-50-46(55)30-10-2-26(3-11-30)42-34-18-20-36(51-34)43(27-4-12-31(13-5-27)47(56)57)38-22-24-40(53-38)45(29-8-16-33(17-9-29)49(60)61)41-25-23-39(54-41)44(37-21-19-35(42)52-37)28-6-14-32(15-7-28)48(58)59;/h2-25H,1H3,(H6,50,51,52,53,54,55,56,57,58,59,60,61);/q;+2/p-2. The molecule has 8 bridgehead atoms. The van der Waals surface area contributed by atoms with Gasteiger partial charge in [0, 0.05) is 12.6 Å². The van der Waals surface area contributed by atoms with Gasteiger partial charge >= 0.3 is 35.0 Å². The second-order valence-electron chi connectivity index (χ2n) is 14.2. The summed E-state index contributed by atoms with van der Waals surface area (Å²) in [6.45, 7) is 0. The van der Waals surface area contributed by atoms with Crippen molar-refractivity contribution in [3.63, 3.8) is 0 Å². The number of amides is 1. The van der Waals surface area contributed by atoms with Crippen LogP contribution >= 0.6 is 0 Å². The molecule has 3 aromatic heterocycles. The van der Waals surface area contributed by atoms with E-state index in [1.807, 2.05) is 60.7 Å². The molecular formula is C49H31CuN5O7. The molecule has 1 radical (unpaired) electrons. The van der Waals surface area contributed by atoms with Gasteiger partial charge in [0.15, 0.2) is 0 Å². The Morgan fingerprint density at radius 1 is 0.403 bits per heavy atom. The summed E-state index contributed by atoms with van der Waals surface area (Å²) in [4.78, 5) is 68.7. The molecule has 305 valence electrons. The average molecular weight is 865 g/mol. The Bertz CT molecular complexity index is 3150. The van der Waals surface area contributed by atoms with Crippen molar-refractivity contribution in [3.8, 4) is 44.5 Å². The molecule has 7 aromatic rings. The molecule has 0 unspecified atom stereocenters. The van der Waals surface area contributed by atoms with Crippen molar-refractivity contribution in [2.24, 2.45) is 0 Å². The van der Waals surface area contributed by atoms with Crippen LogP contribution in [-0.2, 0) is 17.1 Å². The molecule has 0 fully saturated rings. The molecule has 0 aliphatic carbocycles. The molecule has 13 heteroatoms. The van der Waals surface area contributed by atoms with Crippen molar-refractivity contribution in [1.82, 2.24) is 25.3 Å². The molecule has 0 saturated heterocycles. The van der Waals surface area contributed by atoms with E-state index in [1.54, 1.807) is 55.6 Å². The van der Waals surface area contributed by atoms with Gasteiger partial charge in [0.2, 0.25) is 0 Å². The fraction of sp³-hybridized carbons (Fsp3) is 0.0204. The number of rotatable bonds is 8. The first kappa shape index (κ1) is 40.6. The van der Waals surface area contributed by atoms with E-state index in [0.717, 1.165) is 5.56 Å². The van der Waals surface area contributed by atoms with Gasteiger partial charge in [0.1, 0.15) is 0 Å². The SMILES string of the molecule is CNC(=O)c1ccc(-c2c3nc(c(-c4ccc(C(=O)O)cc4)c4ccc([n-]4)c(-c4ccc(C(=O)O)cc4)c4nc(c(-c5ccc(C(=O)O)cc5)c5ccc2[n-]5)C=C4)C=C3)cc1.[Cu+2]. The van der Waals surface area contributed by atoms with Crippen molar-refractivity contribution >= 4 is 70.2 Å². The summed E-state index contributed by atoms with van der Waals surface area (Å²) < 4.78 is 0. The number of nitrogens with one attached hydrogen (secondary N) is 1. The number of fused-ring (bicyclic) bond motifs is 8. The molecular weight excluding hydrogens is 834 g/mol. The summed E-state index contributed by atoms with van der Waals surface area (Å²) in [6, 6.07) is 34.0. The van der Waals surface area contributed by atoms with Gasteiger partial charge in [-0.1, -0.05) is 72.8 Å². The molecule has 4 N–H and O–H groups in total. The Kier molecular flexibility index (Phi) is 10.8. The molecule has 4 aromatic carbocycles. The third-order valence-corrected chi connectivity index (χ3v) is 10.5. The van der Waals surface area contributed by atoms with Gasteiger partial charge < -0.3 is 30.6 Å². The molecule has 0 saturated carbocycles. The Morgan fingerprint density at radius 3 is 0.871 bits per heavy atom. The monoisotopic (exact) mass is 864 g/mol. The van der Waals surface area contributed by atoms with Crippen molar-refractivity contribution in [2.45, 2.75) is 0 Å². The number of benzene rings is 4. The summed E-state index contributed by atoms with van der Waals surface area (Å²) in [6.07, 6.45) is 7.45. The molecule has 1 amide bonds. The second-order valence-corrected chi connectivity index (χ2v) is 14.2. The Hall–Kier alpha value is -8.12. The predicted octanol–water partition coefficient (Wildman–Crippen LogP) is 9.03. The summed E-state index contributed by atoms with van der Waals surface area (Å²) >= 11 is 0. The summed E-state index contributed by atoms with van der Waals surface area (Å²) in [5.41, 5.74) is 10.5. The number of carbonyl (C=O) groups excluding carboxylic acids is 1. The zero-order valence-electron chi connectivity index (χ0n) is 32.4. The van der Waals surface area contributed by atoms with E-state index in [-0.39, 0.29) is 39.7 Å². The second kappa shape index (κ2) is 16.5. The Morgan fingerprint density at radius 2 is 0.645 bits per heavy atom. The van der Waals surface area contributed by atoms with Gasteiger partial charge in [-0.15, -0.1) is 22.1 Å². The first-order valence-electron chi connectivity index (χ1n) is 19.0. The van der Waals surface area contributed by atoms with Crippen LogP contribution in [0.2, 0.25) is 0 Å².